The zero-order chi connectivity index (χ0) is 18.0. The molecule has 1 aliphatic carbocycles. The molecule has 3 heterocycles. The summed E-state index contributed by atoms with van der Waals surface area (Å²) in [5.74, 6) is 0.275. The monoisotopic (exact) mass is 356 g/mol. The number of allylic oxidation sites excluding steroid dienone is 2. The fourth-order valence-corrected chi connectivity index (χ4v) is 4.48. The molecule has 5 heteroatoms. The zero-order valence-electron chi connectivity index (χ0n) is 15.5. The van der Waals surface area contributed by atoms with Crippen LogP contribution in [0.2, 0.25) is 0 Å². The van der Waals surface area contributed by atoms with Crippen LogP contribution in [0.3, 0.4) is 0 Å². The molecular formula is C21H28N2O3. The zero-order valence-corrected chi connectivity index (χ0v) is 15.5. The lowest BCUT2D eigenvalue weighted by Crippen LogP contribution is -2.48. The summed E-state index contributed by atoms with van der Waals surface area (Å²) in [7, 11) is 0. The van der Waals surface area contributed by atoms with E-state index >= 15 is 0 Å². The molecule has 0 spiro atoms. The summed E-state index contributed by atoms with van der Waals surface area (Å²) in [5, 5.41) is 0. The summed E-state index contributed by atoms with van der Waals surface area (Å²) < 4.78 is 12.3. The van der Waals surface area contributed by atoms with Crippen LogP contribution in [0.1, 0.15) is 44.6 Å². The molecule has 1 aromatic rings. The van der Waals surface area contributed by atoms with Gasteiger partial charge in [0, 0.05) is 25.5 Å². The van der Waals surface area contributed by atoms with Crippen molar-refractivity contribution < 1.29 is 14.3 Å². The van der Waals surface area contributed by atoms with Crippen LogP contribution in [0, 0.1) is 5.41 Å². The Bertz CT molecular complexity index is 662. The first-order valence-electron chi connectivity index (χ1n) is 9.75. The number of carbonyl (C=O) groups is 1. The summed E-state index contributed by atoms with van der Waals surface area (Å²) in [6, 6.07) is 4.08. The maximum Gasteiger partial charge on any atom is 0.229 e. The van der Waals surface area contributed by atoms with Gasteiger partial charge in [0.2, 0.25) is 5.91 Å². The number of hydrogen-bond acceptors (Lipinski definition) is 4. The molecule has 0 N–H and O–H groups in total. The van der Waals surface area contributed by atoms with Crippen molar-refractivity contribution >= 4 is 5.91 Å². The number of carbonyl (C=O) groups excluding carboxylic acids is 1. The van der Waals surface area contributed by atoms with E-state index in [0.717, 1.165) is 44.3 Å². The van der Waals surface area contributed by atoms with Crippen molar-refractivity contribution in [2.45, 2.75) is 63.9 Å². The fraction of sp³-hybridized carbons (Fsp3) is 0.619. The van der Waals surface area contributed by atoms with Gasteiger partial charge in [0.1, 0.15) is 12.2 Å². The third-order valence-electron chi connectivity index (χ3n) is 6.07. The van der Waals surface area contributed by atoms with Gasteiger partial charge in [-0.3, -0.25) is 9.78 Å². The van der Waals surface area contributed by atoms with Crippen LogP contribution in [-0.2, 0) is 20.9 Å². The molecule has 140 valence electrons. The van der Waals surface area contributed by atoms with Gasteiger partial charge in [0.25, 0.3) is 0 Å². The third-order valence-corrected chi connectivity index (χ3v) is 6.07. The van der Waals surface area contributed by atoms with E-state index in [2.05, 4.69) is 29.0 Å². The number of likely N-dealkylation sites (tertiary alicyclic amines) is 1. The summed E-state index contributed by atoms with van der Waals surface area (Å²) in [6.45, 7) is 4.04. The lowest BCUT2D eigenvalue weighted by molar-refractivity contribution is -0.145. The van der Waals surface area contributed by atoms with E-state index in [0.29, 0.717) is 13.2 Å². The quantitative estimate of drug-likeness (QED) is 0.778. The average Bonchev–Trinajstić information content (AvgIpc) is 3.06. The molecule has 0 aromatic carbocycles. The van der Waals surface area contributed by atoms with E-state index < -0.39 is 0 Å². The number of fused-ring (bicyclic) bond motifs is 1. The van der Waals surface area contributed by atoms with E-state index in [4.69, 9.17) is 9.47 Å². The van der Waals surface area contributed by atoms with Gasteiger partial charge in [0.05, 0.1) is 18.1 Å². The number of pyridine rings is 1. The van der Waals surface area contributed by atoms with E-state index in [1.54, 1.807) is 12.4 Å². The van der Waals surface area contributed by atoms with Crippen LogP contribution in [0.4, 0.5) is 0 Å². The number of aromatic nitrogens is 1. The van der Waals surface area contributed by atoms with Crippen molar-refractivity contribution in [1.29, 1.82) is 0 Å². The highest BCUT2D eigenvalue weighted by Gasteiger charge is 2.50. The van der Waals surface area contributed by atoms with Gasteiger partial charge in [-0.2, -0.15) is 0 Å². The largest absolute Gasteiger partial charge is 0.373 e. The lowest BCUT2D eigenvalue weighted by atomic mass is 9.77. The van der Waals surface area contributed by atoms with Gasteiger partial charge in [-0.25, -0.2) is 0 Å². The smallest absolute Gasteiger partial charge is 0.229 e. The first-order valence-corrected chi connectivity index (χ1v) is 9.75. The normalized spacial score (nSPS) is 33.9. The van der Waals surface area contributed by atoms with E-state index in [-0.39, 0.29) is 29.6 Å². The van der Waals surface area contributed by atoms with Crippen molar-refractivity contribution in [1.82, 2.24) is 9.88 Å². The molecule has 0 saturated carbocycles. The highest BCUT2D eigenvalue weighted by Crippen LogP contribution is 2.39. The molecule has 0 unspecified atom stereocenters. The van der Waals surface area contributed by atoms with Crippen LogP contribution in [0.25, 0.3) is 0 Å². The Balaban J connectivity index is 1.47. The standard InChI is InChI=1S/C21H28N2O3/c1-21(9-3-2-4-10-21)20(24)23-14-18(19-17(23)6-5-13-25-19)26-15-16-7-11-22-12-8-16/h2-3,7-8,11-12,17-19H,4-6,9-10,13-15H2,1H3/t17-,18+,19+,21-/m1/s1. The summed E-state index contributed by atoms with van der Waals surface area (Å²) in [5.41, 5.74) is 0.818. The van der Waals surface area contributed by atoms with E-state index in [9.17, 15) is 4.79 Å². The minimum Gasteiger partial charge on any atom is -0.373 e. The van der Waals surface area contributed by atoms with Crippen molar-refractivity contribution in [2.24, 2.45) is 5.41 Å². The number of hydrogen-bond donors (Lipinski definition) is 0. The van der Waals surface area contributed by atoms with Gasteiger partial charge < -0.3 is 14.4 Å². The van der Waals surface area contributed by atoms with Gasteiger partial charge >= 0.3 is 0 Å². The Morgan fingerprint density at radius 1 is 1.38 bits per heavy atom. The number of nitrogens with zero attached hydrogens (tertiary/aromatic N) is 2. The molecule has 4 rings (SSSR count). The van der Waals surface area contributed by atoms with Crippen LogP contribution in [0.5, 0.6) is 0 Å². The van der Waals surface area contributed by atoms with Crippen LogP contribution in [-0.4, -0.2) is 47.2 Å². The molecule has 0 radical (unpaired) electrons. The predicted octanol–water partition coefficient (Wildman–Crippen LogP) is 3.10. The molecule has 4 atom stereocenters. The van der Waals surface area contributed by atoms with Crippen molar-refractivity contribution in [3.05, 3.63) is 42.2 Å². The predicted molar refractivity (Wildman–Crippen MR) is 98.4 cm³/mol. The van der Waals surface area contributed by atoms with Crippen LogP contribution in [0.15, 0.2) is 36.7 Å². The summed E-state index contributed by atoms with van der Waals surface area (Å²) >= 11 is 0. The molecule has 5 nitrogen and oxygen atoms in total. The van der Waals surface area contributed by atoms with Crippen LogP contribution >= 0.6 is 0 Å². The Morgan fingerprint density at radius 3 is 3.00 bits per heavy atom. The van der Waals surface area contributed by atoms with E-state index in [1.165, 1.54) is 0 Å². The summed E-state index contributed by atoms with van der Waals surface area (Å²) in [4.78, 5) is 19.5. The minimum absolute atomic E-state index is 0.00253. The second-order valence-corrected chi connectivity index (χ2v) is 7.98. The molecule has 1 aromatic heterocycles. The molecule has 3 aliphatic rings. The van der Waals surface area contributed by atoms with E-state index in [1.807, 2.05) is 12.1 Å². The minimum atomic E-state index is -0.281. The third kappa shape index (κ3) is 3.42. The Kier molecular flexibility index (Phi) is 5.09. The fourth-order valence-electron chi connectivity index (χ4n) is 4.48. The molecule has 2 fully saturated rings. The van der Waals surface area contributed by atoms with Gasteiger partial charge in [0.15, 0.2) is 0 Å². The first-order chi connectivity index (χ1) is 12.7. The maximum atomic E-state index is 13.4. The topological polar surface area (TPSA) is 51.7 Å². The number of ether oxygens (including phenoxy) is 2. The Labute approximate surface area is 155 Å². The second kappa shape index (κ2) is 7.49. The lowest BCUT2D eigenvalue weighted by Gasteiger charge is -2.38. The molecule has 26 heavy (non-hydrogen) atoms. The number of amides is 1. The highest BCUT2D eigenvalue weighted by atomic mass is 16.5. The van der Waals surface area contributed by atoms with Gasteiger partial charge in [-0.1, -0.05) is 19.1 Å². The van der Waals surface area contributed by atoms with Crippen molar-refractivity contribution in [2.75, 3.05) is 13.2 Å². The molecule has 2 aliphatic heterocycles. The molecule has 2 saturated heterocycles. The average molecular weight is 356 g/mol. The molecule has 0 bridgehead atoms. The van der Waals surface area contributed by atoms with Crippen molar-refractivity contribution in [3.8, 4) is 0 Å². The Morgan fingerprint density at radius 2 is 2.23 bits per heavy atom. The van der Waals surface area contributed by atoms with Gasteiger partial charge in [-0.05, 0) is 49.8 Å². The summed E-state index contributed by atoms with van der Waals surface area (Å²) in [6.07, 6.45) is 12.6. The highest BCUT2D eigenvalue weighted by molar-refractivity contribution is 5.83. The Hall–Kier alpha value is -1.72. The SMILES string of the molecule is C[C@@]1(C(=O)N2C[C@H](OCc3ccncc3)[C@H]3OCCC[C@H]32)CC=CCC1. The first kappa shape index (κ1) is 17.7. The molecule has 1 amide bonds. The maximum absolute atomic E-state index is 13.4. The van der Waals surface area contributed by atoms with Crippen LogP contribution < -0.4 is 0 Å². The molecular weight excluding hydrogens is 328 g/mol. The second-order valence-electron chi connectivity index (χ2n) is 7.98. The van der Waals surface area contributed by atoms with Gasteiger partial charge in [-0.15, -0.1) is 0 Å². The number of rotatable bonds is 4. The van der Waals surface area contributed by atoms with Crippen molar-refractivity contribution in [3.63, 3.8) is 0 Å².